The standard InChI is InChI=1S/C24H26O2/c1-16-15-20(24(3,4)19-7-12-22(26)13-8-19)9-14-23(16)17(2)18-5-10-21(25)11-6-18/h5-15,17,25-26H,1-4H3. The van der Waals surface area contributed by atoms with E-state index in [0.717, 1.165) is 0 Å². The molecule has 1 unspecified atom stereocenters. The van der Waals surface area contributed by atoms with Crippen molar-refractivity contribution in [3.63, 3.8) is 0 Å². The molecule has 0 fully saturated rings. The molecule has 0 amide bonds. The molecule has 26 heavy (non-hydrogen) atoms. The van der Waals surface area contributed by atoms with Gasteiger partial charge in [0.1, 0.15) is 11.5 Å². The van der Waals surface area contributed by atoms with Crippen molar-refractivity contribution in [1.29, 1.82) is 0 Å². The molecular weight excluding hydrogens is 320 g/mol. The van der Waals surface area contributed by atoms with Crippen molar-refractivity contribution in [2.45, 2.75) is 39.0 Å². The number of aryl methyl sites for hydroxylation is 1. The number of rotatable bonds is 4. The monoisotopic (exact) mass is 346 g/mol. The number of benzene rings is 3. The van der Waals surface area contributed by atoms with Crippen molar-refractivity contribution >= 4 is 0 Å². The third-order valence-corrected chi connectivity index (χ3v) is 5.44. The van der Waals surface area contributed by atoms with Gasteiger partial charge in [-0.1, -0.05) is 63.2 Å². The lowest BCUT2D eigenvalue weighted by Gasteiger charge is -2.28. The van der Waals surface area contributed by atoms with E-state index in [2.05, 4.69) is 45.9 Å². The van der Waals surface area contributed by atoms with Crippen LogP contribution in [0.2, 0.25) is 0 Å². The predicted molar refractivity (Wildman–Crippen MR) is 107 cm³/mol. The topological polar surface area (TPSA) is 40.5 Å². The average molecular weight is 346 g/mol. The summed E-state index contributed by atoms with van der Waals surface area (Å²) in [4.78, 5) is 0. The van der Waals surface area contributed by atoms with Crippen LogP contribution in [0.1, 0.15) is 54.5 Å². The normalized spacial score (nSPS) is 12.8. The van der Waals surface area contributed by atoms with Crippen LogP contribution in [-0.2, 0) is 5.41 Å². The maximum atomic E-state index is 9.54. The highest BCUT2D eigenvalue weighted by molar-refractivity contribution is 5.45. The molecule has 2 N–H and O–H groups in total. The van der Waals surface area contributed by atoms with Gasteiger partial charge in [-0.25, -0.2) is 0 Å². The Balaban J connectivity index is 1.94. The molecule has 3 aromatic carbocycles. The molecule has 0 saturated carbocycles. The second-order valence-corrected chi connectivity index (χ2v) is 7.56. The maximum Gasteiger partial charge on any atom is 0.115 e. The van der Waals surface area contributed by atoms with Gasteiger partial charge in [-0.05, 0) is 59.0 Å². The molecule has 0 aliphatic carbocycles. The fraction of sp³-hybridized carbons (Fsp3) is 0.250. The Bertz CT molecular complexity index is 890. The van der Waals surface area contributed by atoms with Gasteiger partial charge in [-0.15, -0.1) is 0 Å². The van der Waals surface area contributed by atoms with Gasteiger partial charge < -0.3 is 10.2 Å². The van der Waals surface area contributed by atoms with Gasteiger partial charge >= 0.3 is 0 Å². The average Bonchev–Trinajstić information content (AvgIpc) is 2.62. The molecule has 0 heterocycles. The molecule has 0 saturated heterocycles. The van der Waals surface area contributed by atoms with Gasteiger partial charge in [-0.3, -0.25) is 0 Å². The lowest BCUT2D eigenvalue weighted by molar-refractivity contribution is 0.474. The van der Waals surface area contributed by atoms with E-state index in [0.29, 0.717) is 11.5 Å². The predicted octanol–water partition coefficient (Wildman–Crippen LogP) is 5.88. The third-order valence-electron chi connectivity index (χ3n) is 5.44. The van der Waals surface area contributed by atoms with Gasteiger partial charge in [0.05, 0.1) is 0 Å². The Kier molecular flexibility index (Phi) is 4.78. The molecule has 2 nitrogen and oxygen atoms in total. The Hall–Kier alpha value is -2.74. The fourth-order valence-corrected chi connectivity index (χ4v) is 3.54. The molecule has 0 aliphatic rings. The zero-order chi connectivity index (χ0) is 18.9. The molecule has 134 valence electrons. The van der Waals surface area contributed by atoms with Crippen LogP contribution in [0.3, 0.4) is 0 Å². The van der Waals surface area contributed by atoms with E-state index in [4.69, 9.17) is 0 Å². The molecule has 0 radical (unpaired) electrons. The fourth-order valence-electron chi connectivity index (χ4n) is 3.54. The smallest absolute Gasteiger partial charge is 0.115 e. The molecule has 0 aliphatic heterocycles. The summed E-state index contributed by atoms with van der Waals surface area (Å²) in [7, 11) is 0. The zero-order valence-corrected chi connectivity index (χ0v) is 15.8. The quantitative estimate of drug-likeness (QED) is 0.619. The highest BCUT2D eigenvalue weighted by atomic mass is 16.3. The summed E-state index contributed by atoms with van der Waals surface area (Å²) in [6, 6.07) is 21.6. The lowest BCUT2D eigenvalue weighted by atomic mass is 9.76. The largest absolute Gasteiger partial charge is 0.508 e. The van der Waals surface area contributed by atoms with E-state index < -0.39 is 0 Å². The summed E-state index contributed by atoms with van der Waals surface area (Å²) in [6.07, 6.45) is 0. The van der Waals surface area contributed by atoms with Crippen LogP contribution in [0.15, 0.2) is 66.7 Å². The van der Waals surface area contributed by atoms with Crippen LogP contribution in [0.25, 0.3) is 0 Å². The number of aromatic hydroxyl groups is 2. The molecule has 3 aromatic rings. The van der Waals surface area contributed by atoms with Crippen LogP contribution < -0.4 is 0 Å². The first-order valence-electron chi connectivity index (χ1n) is 8.98. The second-order valence-electron chi connectivity index (χ2n) is 7.56. The minimum Gasteiger partial charge on any atom is -0.508 e. The van der Waals surface area contributed by atoms with E-state index in [9.17, 15) is 10.2 Å². The molecule has 2 heteroatoms. The highest BCUT2D eigenvalue weighted by Crippen LogP contribution is 2.35. The SMILES string of the molecule is Cc1cc(C(C)(C)c2ccc(O)cc2)ccc1C(C)c1ccc(O)cc1. The molecule has 0 aromatic heterocycles. The molecular formula is C24H26O2. The van der Waals surface area contributed by atoms with Crippen LogP contribution in [-0.4, -0.2) is 10.2 Å². The van der Waals surface area contributed by atoms with E-state index in [1.54, 1.807) is 24.3 Å². The number of phenolic OH excluding ortho intramolecular Hbond substituents is 2. The Labute approximate surface area is 155 Å². The van der Waals surface area contributed by atoms with Crippen molar-refractivity contribution in [2.24, 2.45) is 0 Å². The minimum atomic E-state index is -0.140. The van der Waals surface area contributed by atoms with E-state index >= 15 is 0 Å². The number of hydrogen-bond acceptors (Lipinski definition) is 2. The van der Waals surface area contributed by atoms with Crippen LogP contribution in [0, 0.1) is 6.92 Å². The first-order valence-corrected chi connectivity index (χ1v) is 8.98. The summed E-state index contributed by atoms with van der Waals surface area (Å²) >= 11 is 0. The van der Waals surface area contributed by atoms with E-state index in [1.165, 1.54) is 27.8 Å². The van der Waals surface area contributed by atoms with Gasteiger partial charge in [-0.2, -0.15) is 0 Å². The van der Waals surface area contributed by atoms with Crippen molar-refractivity contribution in [3.05, 3.63) is 94.5 Å². The van der Waals surface area contributed by atoms with Gasteiger partial charge in [0.2, 0.25) is 0 Å². The van der Waals surface area contributed by atoms with Gasteiger partial charge in [0.15, 0.2) is 0 Å². The molecule has 1 atom stereocenters. The summed E-state index contributed by atoms with van der Waals surface area (Å²) in [5.41, 5.74) is 6.03. The van der Waals surface area contributed by atoms with Crippen LogP contribution in [0.5, 0.6) is 11.5 Å². The Morgan fingerprint density at radius 3 is 1.77 bits per heavy atom. The summed E-state index contributed by atoms with van der Waals surface area (Å²) < 4.78 is 0. The van der Waals surface area contributed by atoms with E-state index in [-0.39, 0.29) is 11.3 Å². The molecule has 0 spiro atoms. The van der Waals surface area contributed by atoms with E-state index in [1.807, 2.05) is 24.3 Å². The maximum absolute atomic E-state index is 9.54. The highest BCUT2D eigenvalue weighted by Gasteiger charge is 2.24. The Morgan fingerprint density at radius 1 is 0.731 bits per heavy atom. The summed E-state index contributed by atoms with van der Waals surface area (Å²) in [5.74, 6) is 0.851. The van der Waals surface area contributed by atoms with Gasteiger partial charge in [0.25, 0.3) is 0 Å². The second kappa shape index (κ2) is 6.87. The zero-order valence-electron chi connectivity index (χ0n) is 15.8. The van der Waals surface area contributed by atoms with Crippen molar-refractivity contribution in [2.75, 3.05) is 0 Å². The van der Waals surface area contributed by atoms with Gasteiger partial charge in [0, 0.05) is 11.3 Å². The first kappa shape index (κ1) is 18.1. The van der Waals surface area contributed by atoms with Crippen LogP contribution >= 0.6 is 0 Å². The van der Waals surface area contributed by atoms with Crippen molar-refractivity contribution in [3.8, 4) is 11.5 Å². The summed E-state index contributed by atoms with van der Waals surface area (Å²) in [5, 5.41) is 19.0. The lowest BCUT2D eigenvalue weighted by Crippen LogP contribution is -2.19. The number of hydrogen-bond donors (Lipinski definition) is 2. The van der Waals surface area contributed by atoms with Crippen LogP contribution in [0.4, 0.5) is 0 Å². The minimum absolute atomic E-state index is 0.140. The third kappa shape index (κ3) is 3.45. The molecule has 0 bridgehead atoms. The van der Waals surface area contributed by atoms with Crippen molar-refractivity contribution in [1.82, 2.24) is 0 Å². The summed E-state index contributed by atoms with van der Waals surface area (Å²) in [6.45, 7) is 8.76. The number of phenols is 2. The molecule has 3 rings (SSSR count). The Morgan fingerprint density at radius 2 is 1.23 bits per heavy atom. The first-order chi connectivity index (χ1) is 12.3. The van der Waals surface area contributed by atoms with Crippen molar-refractivity contribution < 1.29 is 10.2 Å².